The SMILES string of the molecule is C[C@@H](C1CCC1)n1ccnc1. The smallest absolute Gasteiger partial charge is 0.0948 e. The summed E-state index contributed by atoms with van der Waals surface area (Å²) in [4.78, 5) is 4.05. The van der Waals surface area contributed by atoms with Crippen molar-refractivity contribution >= 4 is 0 Å². The van der Waals surface area contributed by atoms with Crippen LogP contribution < -0.4 is 0 Å². The molecule has 11 heavy (non-hydrogen) atoms. The van der Waals surface area contributed by atoms with E-state index in [-0.39, 0.29) is 0 Å². The van der Waals surface area contributed by atoms with E-state index in [9.17, 15) is 0 Å². The summed E-state index contributed by atoms with van der Waals surface area (Å²) in [5.74, 6) is 0.907. The molecule has 0 amide bonds. The number of hydrogen-bond acceptors (Lipinski definition) is 1. The minimum Gasteiger partial charge on any atom is -0.334 e. The van der Waals surface area contributed by atoms with Gasteiger partial charge in [-0.2, -0.15) is 0 Å². The third-order valence-electron chi connectivity index (χ3n) is 2.83. The van der Waals surface area contributed by atoms with Crippen LogP contribution in [-0.2, 0) is 0 Å². The van der Waals surface area contributed by atoms with E-state index in [1.807, 2.05) is 12.5 Å². The predicted octanol–water partition coefficient (Wildman–Crippen LogP) is 2.24. The van der Waals surface area contributed by atoms with Crippen molar-refractivity contribution in [1.29, 1.82) is 0 Å². The Morgan fingerprint density at radius 3 is 2.82 bits per heavy atom. The lowest BCUT2D eigenvalue weighted by atomic mass is 9.80. The fraction of sp³-hybridized carbons (Fsp3) is 0.667. The Labute approximate surface area is 67.3 Å². The molecule has 1 aliphatic carbocycles. The standard InChI is InChI=1S/C9H14N2/c1-8(9-3-2-4-9)11-6-5-10-7-11/h5-9H,2-4H2,1H3/t8-/m0/s1. The third-order valence-corrected chi connectivity index (χ3v) is 2.83. The van der Waals surface area contributed by atoms with Crippen molar-refractivity contribution in [2.75, 3.05) is 0 Å². The molecule has 1 aromatic heterocycles. The van der Waals surface area contributed by atoms with Gasteiger partial charge >= 0.3 is 0 Å². The Morgan fingerprint density at radius 1 is 1.55 bits per heavy atom. The normalized spacial score (nSPS) is 21.2. The molecule has 0 aromatic carbocycles. The number of aromatic nitrogens is 2. The van der Waals surface area contributed by atoms with Gasteiger partial charge in [0.2, 0.25) is 0 Å². The van der Waals surface area contributed by atoms with Crippen molar-refractivity contribution in [2.24, 2.45) is 5.92 Å². The summed E-state index contributed by atoms with van der Waals surface area (Å²) in [6, 6.07) is 0.659. The molecular formula is C9H14N2. The number of rotatable bonds is 2. The first-order valence-electron chi connectivity index (χ1n) is 4.35. The summed E-state index contributed by atoms with van der Waals surface area (Å²) in [7, 11) is 0. The zero-order valence-corrected chi connectivity index (χ0v) is 6.90. The topological polar surface area (TPSA) is 17.8 Å². The Bertz CT molecular complexity index is 211. The molecule has 0 N–H and O–H groups in total. The molecule has 0 unspecified atom stereocenters. The first kappa shape index (κ1) is 6.89. The van der Waals surface area contributed by atoms with E-state index in [2.05, 4.69) is 22.7 Å². The van der Waals surface area contributed by atoms with Gasteiger partial charge in [0, 0.05) is 18.4 Å². The zero-order chi connectivity index (χ0) is 7.68. The van der Waals surface area contributed by atoms with Gasteiger partial charge in [0.1, 0.15) is 0 Å². The maximum absolute atomic E-state index is 4.05. The average Bonchev–Trinajstić information content (AvgIpc) is 2.32. The molecule has 0 aliphatic heterocycles. The summed E-state index contributed by atoms with van der Waals surface area (Å²) < 4.78 is 2.21. The maximum atomic E-state index is 4.05. The molecule has 1 heterocycles. The van der Waals surface area contributed by atoms with E-state index in [1.165, 1.54) is 19.3 Å². The first-order valence-corrected chi connectivity index (χ1v) is 4.35. The van der Waals surface area contributed by atoms with Crippen molar-refractivity contribution in [1.82, 2.24) is 9.55 Å². The summed E-state index contributed by atoms with van der Waals surface area (Å²) >= 11 is 0. The molecule has 2 heteroatoms. The second-order valence-corrected chi connectivity index (χ2v) is 3.44. The highest BCUT2D eigenvalue weighted by atomic mass is 15.0. The van der Waals surface area contributed by atoms with Crippen LogP contribution in [0.25, 0.3) is 0 Å². The van der Waals surface area contributed by atoms with E-state index < -0.39 is 0 Å². The molecule has 0 radical (unpaired) electrons. The van der Waals surface area contributed by atoms with E-state index >= 15 is 0 Å². The van der Waals surface area contributed by atoms with Gasteiger partial charge < -0.3 is 4.57 Å². The van der Waals surface area contributed by atoms with Gasteiger partial charge in [-0.25, -0.2) is 4.98 Å². The summed E-state index contributed by atoms with van der Waals surface area (Å²) in [5.41, 5.74) is 0. The molecular weight excluding hydrogens is 136 g/mol. The van der Waals surface area contributed by atoms with Crippen LogP contribution in [0.4, 0.5) is 0 Å². The van der Waals surface area contributed by atoms with E-state index in [4.69, 9.17) is 0 Å². The van der Waals surface area contributed by atoms with Gasteiger partial charge in [-0.3, -0.25) is 0 Å². The minimum absolute atomic E-state index is 0.659. The van der Waals surface area contributed by atoms with Crippen molar-refractivity contribution < 1.29 is 0 Å². The van der Waals surface area contributed by atoms with Crippen molar-refractivity contribution in [3.8, 4) is 0 Å². The van der Waals surface area contributed by atoms with Gasteiger partial charge in [0.15, 0.2) is 0 Å². The molecule has 0 bridgehead atoms. The lowest BCUT2D eigenvalue weighted by Crippen LogP contribution is -2.21. The second-order valence-electron chi connectivity index (χ2n) is 3.44. The second kappa shape index (κ2) is 2.68. The maximum Gasteiger partial charge on any atom is 0.0948 e. The van der Waals surface area contributed by atoms with Crippen molar-refractivity contribution in [2.45, 2.75) is 32.2 Å². The molecule has 0 spiro atoms. The lowest BCUT2D eigenvalue weighted by molar-refractivity contribution is 0.222. The van der Waals surface area contributed by atoms with Crippen molar-refractivity contribution in [3.05, 3.63) is 18.7 Å². The van der Waals surface area contributed by atoms with Crippen LogP contribution in [0, 0.1) is 5.92 Å². The van der Waals surface area contributed by atoms with Crippen molar-refractivity contribution in [3.63, 3.8) is 0 Å². The van der Waals surface area contributed by atoms with Crippen LogP contribution in [-0.4, -0.2) is 9.55 Å². The minimum atomic E-state index is 0.659. The molecule has 1 saturated carbocycles. The third kappa shape index (κ3) is 1.17. The highest BCUT2D eigenvalue weighted by Gasteiger charge is 2.24. The Balaban J connectivity index is 2.04. The molecule has 60 valence electrons. The van der Waals surface area contributed by atoms with Crippen LogP contribution in [0.3, 0.4) is 0 Å². The Kier molecular flexibility index (Phi) is 1.68. The van der Waals surface area contributed by atoms with Crippen LogP contribution in [0.5, 0.6) is 0 Å². The van der Waals surface area contributed by atoms with E-state index in [1.54, 1.807) is 0 Å². The molecule has 2 rings (SSSR count). The fourth-order valence-electron chi connectivity index (χ4n) is 1.68. The first-order chi connectivity index (χ1) is 5.38. The quantitative estimate of drug-likeness (QED) is 0.632. The molecule has 1 aromatic rings. The number of nitrogens with zero attached hydrogens (tertiary/aromatic N) is 2. The van der Waals surface area contributed by atoms with Crippen LogP contribution in [0.2, 0.25) is 0 Å². The molecule has 2 nitrogen and oxygen atoms in total. The van der Waals surface area contributed by atoms with Gasteiger partial charge in [-0.15, -0.1) is 0 Å². The Morgan fingerprint density at radius 2 is 2.36 bits per heavy atom. The molecule has 1 aliphatic rings. The fourth-order valence-corrected chi connectivity index (χ4v) is 1.68. The number of imidazole rings is 1. The van der Waals surface area contributed by atoms with Crippen LogP contribution in [0.1, 0.15) is 32.2 Å². The summed E-state index contributed by atoms with van der Waals surface area (Å²) in [5, 5.41) is 0. The molecule has 1 fully saturated rings. The molecule has 1 atom stereocenters. The van der Waals surface area contributed by atoms with Crippen LogP contribution in [0.15, 0.2) is 18.7 Å². The van der Waals surface area contributed by atoms with Gasteiger partial charge in [-0.05, 0) is 25.7 Å². The summed E-state index contributed by atoms with van der Waals surface area (Å²) in [6.07, 6.45) is 10.1. The monoisotopic (exact) mass is 150 g/mol. The molecule has 0 saturated heterocycles. The number of hydrogen-bond donors (Lipinski definition) is 0. The summed E-state index contributed by atoms with van der Waals surface area (Å²) in [6.45, 7) is 2.28. The Hall–Kier alpha value is -0.790. The highest BCUT2D eigenvalue weighted by Crippen LogP contribution is 2.35. The predicted molar refractivity (Wildman–Crippen MR) is 44.3 cm³/mol. The van der Waals surface area contributed by atoms with Gasteiger partial charge in [-0.1, -0.05) is 6.42 Å². The van der Waals surface area contributed by atoms with Crippen LogP contribution >= 0.6 is 0 Å². The van der Waals surface area contributed by atoms with E-state index in [0.717, 1.165) is 5.92 Å². The van der Waals surface area contributed by atoms with Gasteiger partial charge in [0.05, 0.1) is 6.33 Å². The van der Waals surface area contributed by atoms with E-state index in [0.29, 0.717) is 6.04 Å². The average molecular weight is 150 g/mol. The van der Waals surface area contributed by atoms with Gasteiger partial charge in [0.25, 0.3) is 0 Å². The largest absolute Gasteiger partial charge is 0.334 e. The zero-order valence-electron chi connectivity index (χ0n) is 6.90. The highest BCUT2D eigenvalue weighted by molar-refractivity contribution is 4.85. The lowest BCUT2D eigenvalue weighted by Gasteiger charge is -2.31.